The Kier molecular flexibility index (Phi) is 6.25. The molecule has 3 aromatic rings. The SMILES string of the molecule is CCC(=O)N(Cc1ccc([S@@](=O)C(F)(F)F)cc1)c1cc(F)cc(-c2nn[nH]n2)c1. The van der Waals surface area contributed by atoms with Gasteiger partial charge in [0.25, 0.3) is 0 Å². The molecule has 0 saturated heterocycles. The number of aromatic amines is 1. The first kappa shape index (κ1) is 21.6. The zero-order valence-corrected chi connectivity index (χ0v) is 16.3. The Hall–Kier alpha value is -3.15. The number of H-pyrrole nitrogens is 1. The quantitative estimate of drug-likeness (QED) is 0.591. The number of halogens is 4. The topological polar surface area (TPSA) is 91.8 Å². The third-order valence-corrected chi connectivity index (χ3v) is 5.21. The van der Waals surface area contributed by atoms with Crippen LogP contribution in [0.4, 0.5) is 23.2 Å². The minimum absolute atomic E-state index is 0.0270. The molecule has 12 heteroatoms. The van der Waals surface area contributed by atoms with E-state index in [4.69, 9.17) is 0 Å². The molecule has 3 rings (SSSR count). The number of alkyl halides is 3. The van der Waals surface area contributed by atoms with Crippen LogP contribution in [0, 0.1) is 5.82 Å². The molecule has 1 aromatic heterocycles. The number of hydrogen-bond acceptors (Lipinski definition) is 5. The van der Waals surface area contributed by atoms with Gasteiger partial charge in [0.1, 0.15) is 5.82 Å². The number of benzene rings is 2. The normalized spacial score (nSPS) is 12.6. The fourth-order valence-corrected chi connectivity index (χ4v) is 3.34. The van der Waals surface area contributed by atoms with Crippen molar-refractivity contribution in [3.05, 3.63) is 53.8 Å². The summed E-state index contributed by atoms with van der Waals surface area (Å²) in [7, 11) is -3.14. The predicted octanol–water partition coefficient (Wildman–Crippen LogP) is 3.58. The van der Waals surface area contributed by atoms with E-state index in [1.165, 1.54) is 29.2 Å². The fraction of sp³-hybridized carbons (Fsp3) is 0.222. The van der Waals surface area contributed by atoms with Crippen LogP contribution >= 0.6 is 0 Å². The first-order valence-electron chi connectivity index (χ1n) is 8.61. The van der Waals surface area contributed by atoms with Gasteiger partial charge in [-0.2, -0.15) is 18.4 Å². The number of rotatable bonds is 6. The van der Waals surface area contributed by atoms with Crippen LogP contribution in [0.15, 0.2) is 47.4 Å². The van der Waals surface area contributed by atoms with E-state index in [-0.39, 0.29) is 30.4 Å². The molecule has 0 bridgehead atoms. The molecule has 1 N–H and O–H groups in total. The van der Waals surface area contributed by atoms with E-state index >= 15 is 0 Å². The minimum Gasteiger partial charge on any atom is -0.308 e. The Labute approximate surface area is 170 Å². The Morgan fingerprint density at radius 1 is 1.17 bits per heavy atom. The van der Waals surface area contributed by atoms with Crippen molar-refractivity contribution < 1.29 is 26.6 Å². The molecule has 0 aliphatic rings. The number of carbonyl (C=O) groups is 1. The summed E-state index contributed by atoms with van der Waals surface area (Å²) in [5.74, 6) is -0.821. The van der Waals surface area contributed by atoms with Crippen molar-refractivity contribution in [2.75, 3.05) is 4.90 Å². The van der Waals surface area contributed by atoms with Gasteiger partial charge >= 0.3 is 5.51 Å². The van der Waals surface area contributed by atoms with Gasteiger partial charge in [0.2, 0.25) is 11.7 Å². The largest absolute Gasteiger partial charge is 0.475 e. The Balaban J connectivity index is 1.91. The Bertz CT molecular complexity index is 1060. The molecule has 1 atom stereocenters. The lowest BCUT2D eigenvalue weighted by atomic mass is 10.1. The summed E-state index contributed by atoms with van der Waals surface area (Å²) < 4.78 is 63.4. The van der Waals surface area contributed by atoms with E-state index in [1.807, 2.05) is 0 Å². The van der Waals surface area contributed by atoms with Crippen molar-refractivity contribution in [2.24, 2.45) is 0 Å². The molecule has 30 heavy (non-hydrogen) atoms. The third-order valence-electron chi connectivity index (χ3n) is 4.09. The molecule has 158 valence electrons. The van der Waals surface area contributed by atoms with Gasteiger partial charge in [-0.25, -0.2) is 8.60 Å². The van der Waals surface area contributed by atoms with E-state index < -0.39 is 27.0 Å². The molecule has 0 aliphatic heterocycles. The van der Waals surface area contributed by atoms with E-state index in [9.17, 15) is 26.6 Å². The number of carbonyl (C=O) groups excluding carboxylic acids is 1. The number of nitrogens with zero attached hydrogens (tertiary/aromatic N) is 4. The van der Waals surface area contributed by atoms with Crippen molar-refractivity contribution in [3.8, 4) is 11.4 Å². The Morgan fingerprint density at radius 2 is 1.87 bits per heavy atom. The fourth-order valence-electron chi connectivity index (χ4n) is 2.69. The molecule has 0 radical (unpaired) electrons. The summed E-state index contributed by atoms with van der Waals surface area (Å²) in [4.78, 5) is 13.4. The van der Waals surface area contributed by atoms with Crippen molar-refractivity contribution in [1.82, 2.24) is 20.6 Å². The van der Waals surface area contributed by atoms with Gasteiger partial charge in [-0.15, -0.1) is 10.2 Å². The van der Waals surface area contributed by atoms with Gasteiger partial charge in [-0.3, -0.25) is 4.79 Å². The lowest BCUT2D eigenvalue weighted by molar-refractivity contribution is -0.118. The minimum atomic E-state index is -4.86. The van der Waals surface area contributed by atoms with E-state index in [2.05, 4.69) is 20.6 Å². The molecule has 0 aliphatic carbocycles. The van der Waals surface area contributed by atoms with Crippen LogP contribution in [0.3, 0.4) is 0 Å². The van der Waals surface area contributed by atoms with Crippen LogP contribution in [-0.4, -0.2) is 36.2 Å². The summed E-state index contributed by atoms with van der Waals surface area (Å²) in [6.45, 7) is 1.60. The lowest BCUT2D eigenvalue weighted by Crippen LogP contribution is -2.29. The lowest BCUT2D eigenvalue weighted by Gasteiger charge is -2.23. The van der Waals surface area contributed by atoms with Gasteiger partial charge in [-0.1, -0.05) is 19.1 Å². The maximum Gasteiger partial charge on any atom is 0.475 e. The number of hydrogen-bond donors (Lipinski definition) is 1. The molecular formula is C18H15F4N5O2S. The van der Waals surface area contributed by atoms with Crippen molar-refractivity contribution in [3.63, 3.8) is 0 Å². The number of anilines is 1. The molecule has 0 spiro atoms. The van der Waals surface area contributed by atoms with E-state index in [0.717, 1.165) is 18.2 Å². The molecule has 7 nitrogen and oxygen atoms in total. The van der Waals surface area contributed by atoms with Gasteiger partial charge in [0.05, 0.1) is 6.54 Å². The number of aromatic nitrogens is 4. The highest BCUT2D eigenvalue weighted by Gasteiger charge is 2.37. The van der Waals surface area contributed by atoms with Crippen molar-refractivity contribution in [1.29, 1.82) is 0 Å². The van der Waals surface area contributed by atoms with Gasteiger partial charge in [0.15, 0.2) is 10.8 Å². The maximum atomic E-state index is 14.2. The zero-order chi connectivity index (χ0) is 21.9. The van der Waals surface area contributed by atoms with E-state index in [0.29, 0.717) is 11.1 Å². The first-order chi connectivity index (χ1) is 14.2. The molecule has 0 unspecified atom stereocenters. The van der Waals surface area contributed by atoms with Crippen LogP contribution in [0.1, 0.15) is 18.9 Å². The summed E-state index contributed by atoms with van der Waals surface area (Å²) in [5, 5.41) is 13.2. The van der Waals surface area contributed by atoms with E-state index in [1.54, 1.807) is 6.92 Å². The Morgan fingerprint density at radius 3 is 2.43 bits per heavy atom. The number of amides is 1. The molecule has 1 heterocycles. The van der Waals surface area contributed by atoms with Crippen molar-refractivity contribution in [2.45, 2.75) is 30.3 Å². The number of tetrazole rings is 1. The second-order valence-corrected chi connectivity index (χ2v) is 7.60. The third kappa shape index (κ3) is 4.87. The van der Waals surface area contributed by atoms with Crippen LogP contribution in [0.25, 0.3) is 11.4 Å². The highest BCUT2D eigenvalue weighted by molar-refractivity contribution is 7.86. The van der Waals surface area contributed by atoms with Crippen molar-refractivity contribution >= 4 is 22.4 Å². The smallest absolute Gasteiger partial charge is 0.308 e. The molecular weight excluding hydrogens is 426 g/mol. The second kappa shape index (κ2) is 8.69. The average Bonchev–Trinajstić information content (AvgIpc) is 3.25. The zero-order valence-electron chi connectivity index (χ0n) is 15.5. The first-order valence-corrected chi connectivity index (χ1v) is 9.76. The molecule has 1 amide bonds. The highest BCUT2D eigenvalue weighted by Crippen LogP contribution is 2.28. The summed E-state index contributed by atoms with van der Waals surface area (Å²) in [6, 6.07) is 8.71. The van der Waals surface area contributed by atoms with Crippen LogP contribution in [-0.2, 0) is 22.1 Å². The average molecular weight is 441 g/mol. The highest BCUT2D eigenvalue weighted by atomic mass is 32.2. The number of nitrogens with one attached hydrogen (secondary N) is 1. The monoisotopic (exact) mass is 441 g/mol. The van der Waals surface area contributed by atoms with Gasteiger partial charge in [-0.05, 0) is 41.1 Å². The van der Waals surface area contributed by atoms with Crippen LogP contribution in [0.5, 0.6) is 0 Å². The molecule has 0 saturated carbocycles. The molecule has 0 fully saturated rings. The maximum absolute atomic E-state index is 14.2. The molecule has 2 aromatic carbocycles. The van der Waals surface area contributed by atoms with Gasteiger partial charge in [0, 0.05) is 22.6 Å². The van der Waals surface area contributed by atoms with Crippen LogP contribution in [0.2, 0.25) is 0 Å². The summed E-state index contributed by atoms with van der Waals surface area (Å²) in [5.41, 5.74) is -3.86. The standard InChI is InChI=1S/C18H15F4N5O2S/c1-2-16(28)27(10-11-3-5-15(6-4-11)30(29)18(20,21)22)14-8-12(7-13(19)9-14)17-23-25-26-24-17/h3-9H,2,10H2,1H3,(H,23,24,25,26)/t30-/m1/s1. The van der Waals surface area contributed by atoms with Crippen LogP contribution < -0.4 is 4.90 Å². The predicted molar refractivity (Wildman–Crippen MR) is 100.0 cm³/mol. The second-order valence-electron chi connectivity index (χ2n) is 6.13. The summed E-state index contributed by atoms with van der Waals surface area (Å²) >= 11 is 0. The van der Waals surface area contributed by atoms with Gasteiger partial charge < -0.3 is 4.90 Å². The summed E-state index contributed by atoms with van der Waals surface area (Å²) in [6.07, 6.45) is 0.115.